The van der Waals surface area contributed by atoms with Gasteiger partial charge in [-0.15, -0.1) is 0 Å². The Kier molecular flexibility index (Phi) is 8.05. The molecule has 1 aromatic rings. The van der Waals surface area contributed by atoms with Crippen molar-refractivity contribution in [2.24, 2.45) is 5.92 Å². The van der Waals surface area contributed by atoms with E-state index in [2.05, 4.69) is 20.1 Å². The van der Waals surface area contributed by atoms with Gasteiger partial charge in [-0.3, -0.25) is 14.7 Å². The van der Waals surface area contributed by atoms with Crippen molar-refractivity contribution in [3.05, 3.63) is 30.1 Å². The molecule has 1 aromatic heterocycles. The van der Waals surface area contributed by atoms with Crippen molar-refractivity contribution >= 4 is 5.91 Å². The number of carbonyl (C=O) groups is 1. The molecule has 0 saturated carbocycles. The molecule has 0 unspecified atom stereocenters. The topological polar surface area (TPSA) is 57.7 Å². The van der Waals surface area contributed by atoms with Crippen LogP contribution in [0.4, 0.5) is 0 Å². The van der Waals surface area contributed by atoms with Crippen molar-refractivity contribution in [2.75, 3.05) is 46.4 Å². The minimum absolute atomic E-state index is 0.113. The maximum absolute atomic E-state index is 12.6. The third-order valence-electron chi connectivity index (χ3n) is 5.89. The van der Waals surface area contributed by atoms with Crippen LogP contribution in [0.2, 0.25) is 0 Å². The molecule has 3 rings (SSSR count). The number of ether oxygens (including phenoxy) is 1. The Morgan fingerprint density at radius 1 is 1.26 bits per heavy atom. The predicted molar refractivity (Wildman–Crippen MR) is 106 cm³/mol. The lowest BCUT2D eigenvalue weighted by molar-refractivity contribution is -0.127. The second kappa shape index (κ2) is 10.7. The summed E-state index contributed by atoms with van der Waals surface area (Å²) in [5.74, 6) is 0.296. The Bertz CT molecular complexity index is 561. The van der Waals surface area contributed by atoms with E-state index in [1.165, 1.54) is 25.9 Å². The third-order valence-corrected chi connectivity index (χ3v) is 5.89. The molecule has 27 heavy (non-hydrogen) atoms. The van der Waals surface area contributed by atoms with Gasteiger partial charge in [0.15, 0.2) is 0 Å². The summed E-state index contributed by atoms with van der Waals surface area (Å²) >= 11 is 0. The summed E-state index contributed by atoms with van der Waals surface area (Å²) < 4.78 is 5.15. The first-order valence-corrected chi connectivity index (χ1v) is 10.4. The number of carbonyl (C=O) groups excluding carboxylic acids is 1. The van der Waals surface area contributed by atoms with Gasteiger partial charge in [-0.1, -0.05) is 6.07 Å². The number of likely N-dealkylation sites (tertiary alicyclic amines) is 2. The molecule has 0 radical (unpaired) electrons. The van der Waals surface area contributed by atoms with Crippen molar-refractivity contribution in [3.63, 3.8) is 0 Å². The normalized spacial score (nSPS) is 22.6. The summed E-state index contributed by atoms with van der Waals surface area (Å²) in [4.78, 5) is 22.0. The van der Waals surface area contributed by atoms with Gasteiger partial charge in [0.25, 0.3) is 0 Å². The Morgan fingerprint density at radius 2 is 2.11 bits per heavy atom. The molecular weight excluding hydrogens is 340 g/mol. The van der Waals surface area contributed by atoms with E-state index >= 15 is 0 Å². The fourth-order valence-electron chi connectivity index (χ4n) is 4.32. The number of hydrogen-bond acceptors (Lipinski definition) is 5. The van der Waals surface area contributed by atoms with Crippen molar-refractivity contribution in [1.82, 2.24) is 20.1 Å². The minimum atomic E-state index is 0.113. The van der Waals surface area contributed by atoms with Gasteiger partial charge < -0.3 is 15.0 Å². The molecule has 3 heterocycles. The van der Waals surface area contributed by atoms with Crippen LogP contribution in [-0.2, 0) is 16.1 Å². The number of aromatic nitrogens is 1. The molecule has 1 N–H and O–H groups in total. The number of pyridine rings is 1. The molecule has 150 valence electrons. The van der Waals surface area contributed by atoms with Crippen molar-refractivity contribution in [2.45, 2.75) is 44.7 Å². The Balaban J connectivity index is 1.40. The van der Waals surface area contributed by atoms with E-state index in [1.807, 2.05) is 18.2 Å². The first kappa shape index (κ1) is 20.2. The van der Waals surface area contributed by atoms with Gasteiger partial charge in [0.1, 0.15) is 0 Å². The Hall–Kier alpha value is -1.50. The SMILES string of the molecule is COCCCN1CCC(N2CCC[C@H](C(=O)NCc3ccccn3)C2)CC1. The average Bonchev–Trinajstić information content (AvgIpc) is 2.73. The minimum Gasteiger partial charge on any atom is -0.385 e. The molecule has 0 aromatic carbocycles. The number of methoxy groups -OCH3 is 1. The lowest BCUT2D eigenvalue weighted by Gasteiger charge is -2.42. The van der Waals surface area contributed by atoms with E-state index in [0.29, 0.717) is 12.6 Å². The van der Waals surface area contributed by atoms with E-state index in [4.69, 9.17) is 4.74 Å². The van der Waals surface area contributed by atoms with E-state index < -0.39 is 0 Å². The van der Waals surface area contributed by atoms with Gasteiger partial charge in [-0.25, -0.2) is 0 Å². The Morgan fingerprint density at radius 3 is 2.85 bits per heavy atom. The van der Waals surface area contributed by atoms with Crippen LogP contribution in [0.25, 0.3) is 0 Å². The zero-order valence-electron chi connectivity index (χ0n) is 16.6. The molecule has 2 fully saturated rings. The Labute approximate surface area is 163 Å². The summed E-state index contributed by atoms with van der Waals surface area (Å²) in [5.41, 5.74) is 0.916. The molecule has 6 nitrogen and oxygen atoms in total. The van der Waals surface area contributed by atoms with Crippen molar-refractivity contribution < 1.29 is 9.53 Å². The quantitative estimate of drug-likeness (QED) is 0.705. The van der Waals surface area contributed by atoms with Crippen LogP contribution in [0.1, 0.15) is 37.8 Å². The van der Waals surface area contributed by atoms with Crippen LogP contribution in [0.5, 0.6) is 0 Å². The molecular formula is C21H34N4O2. The molecule has 0 spiro atoms. The molecule has 6 heteroatoms. The van der Waals surface area contributed by atoms with E-state index in [1.54, 1.807) is 13.3 Å². The first-order chi connectivity index (χ1) is 13.3. The summed E-state index contributed by atoms with van der Waals surface area (Å²) in [6, 6.07) is 6.44. The van der Waals surface area contributed by atoms with Gasteiger partial charge >= 0.3 is 0 Å². The molecule has 2 aliphatic rings. The summed E-state index contributed by atoms with van der Waals surface area (Å²) in [7, 11) is 1.77. The summed E-state index contributed by atoms with van der Waals surface area (Å²) in [6.45, 7) is 6.89. The monoisotopic (exact) mass is 374 g/mol. The van der Waals surface area contributed by atoms with E-state index in [-0.39, 0.29) is 11.8 Å². The van der Waals surface area contributed by atoms with Gasteiger partial charge in [-0.2, -0.15) is 0 Å². The lowest BCUT2D eigenvalue weighted by atomic mass is 9.93. The van der Waals surface area contributed by atoms with Crippen molar-refractivity contribution in [3.8, 4) is 0 Å². The largest absolute Gasteiger partial charge is 0.385 e. The number of nitrogens with zero attached hydrogens (tertiary/aromatic N) is 3. The highest BCUT2D eigenvalue weighted by Gasteiger charge is 2.31. The van der Waals surface area contributed by atoms with Crippen LogP contribution in [-0.4, -0.2) is 73.2 Å². The number of piperidine rings is 2. The van der Waals surface area contributed by atoms with Crippen LogP contribution in [0.15, 0.2) is 24.4 Å². The highest BCUT2D eigenvalue weighted by atomic mass is 16.5. The van der Waals surface area contributed by atoms with Gasteiger partial charge in [0, 0.05) is 39.0 Å². The molecule has 2 aliphatic heterocycles. The molecule has 2 saturated heterocycles. The number of nitrogens with one attached hydrogen (secondary N) is 1. The summed E-state index contributed by atoms with van der Waals surface area (Å²) in [5, 5.41) is 3.08. The number of rotatable bonds is 8. The average molecular weight is 375 g/mol. The maximum atomic E-state index is 12.6. The number of hydrogen-bond donors (Lipinski definition) is 1. The van der Waals surface area contributed by atoms with Crippen LogP contribution < -0.4 is 5.32 Å². The second-order valence-corrected chi connectivity index (χ2v) is 7.79. The van der Waals surface area contributed by atoms with E-state index in [9.17, 15) is 4.79 Å². The fourth-order valence-corrected chi connectivity index (χ4v) is 4.32. The highest BCUT2D eigenvalue weighted by molar-refractivity contribution is 5.78. The van der Waals surface area contributed by atoms with Gasteiger partial charge in [0.05, 0.1) is 18.2 Å². The van der Waals surface area contributed by atoms with Crippen molar-refractivity contribution in [1.29, 1.82) is 0 Å². The number of amides is 1. The molecule has 0 aliphatic carbocycles. The fraction of sp³-hybridized carbons (Fsp3) is 0.714. The highest BCUT2D eigenvalue weighted by Crippen LogP contribution is 2.24. The second-order valence-electron chi connectivity index (χ2n) is 7.79. The molecule has 1 atom stereocenters. The van der Waals surface area contributed by atoms with Gasteiger partial charge in [0.2, 0.25) is 5.91 Å². The predicted octanol–water partition coefficient (Wildman–Crippen LogP) is 1.91. The third kappa shape index (κ3) is 6.26. The van der Waals surface area contributed by atoms with Crippen LogP contribution >= 0.6 is 0 Å². The molecule has 1 amide bonds. The summed E-state index contributed by atoms with van der Waals surface area (Å²) in [6.07, 6.45) is 7.44. The lowest BCUT2D eigenvalue weighted by Crippen LogP contribution is -2.50. The van der Waals surface area contributed by atoms with Crippen LogP contribution in [0.3, 0.4) is 0 Å². The van der Waals surface area contributed by atoms with Gasteiger partial charge in [-0.05, 0) is 63.9 Å². The zero-order valence-corrected chi connectivity index (χ0v) is 16.6. The van der Waals surface area contributed by atoms with E-state index in [0.717, 1.165) is 51.2 Å². The smallest absolute Gasteiger partial charge is 0.224 e. The van der Waals surface area contributed by atoms with Crippen LogP contribution in [0, 0.1) is 5.92 Å². The first-order valence-electron chi connectivity index (χ1n) is 10.4. The molecule has 0 bridgehead atoms. The zero-order chi connectivity index (χ0) is 18.9. The standard InChI is InChI=1S/C21H34N4O2/c1-27-15-5-11-24-13-8-20(9-14-24)25-12-4-6-18(17-25)21(26)23-16-19-7-2-3-10-22-19/h2-3,7,10,18,20H,4-6,8-9,11-17H2,1H3,(H,23,26)/t18-/m0/s1. The maximum Gasteiger partial charge on any atom is 0.224 e.